The van der Waals surface area contributed by atoms with E-state index in [0.717, 1.165) is 0 Å². The smallest absolute Gasteiger partial charge is 0.255 e. The number of ether oxygens (including phenoxy) is 1. The quantitative estimate of drug-likeness (QED) is 0.651. The molecular formula is C19H19BrFNO3. The second-order valence-electron chi connectivity index (χ2n) is 5.31. The van der Waals surface area contributed by atoms with Crippen molar-refractivity contribution >= 4 is 21.8 Å². The zero-order valence-corrected chi connectivity index (χ0v) is 15.3. The predicted octanol–water partition coefficient (Wildman–Crippen LogP) is 4.75. The van der Waals surface area contributed by atoms with Crippen molar-refractivity contribution in [2.24, 2.45) is 0 Å². The lowest BCUT2D eigenvalue weighted by Gasteiger charge is -2.12. The number of aliphatic hydroxyl groups excluding tert-OH is 1. The Morgan fingerprint density at radius 1 is 1.32 bits per heavy atom. The molecule has 2 N–H and O–H groups in total. The van der Waals surface area contributed by atoms with Crippen LogP contribution in [-0.2, 0) is 6.54 Å². The molecule has 1 amide bonds. The fourth-order valence-electron chi connectivity index (χ4n) is 2.16. The second-order valence-corrected chi connectivity index (χ2v) is 6.22. The van der Waals surface area contributed by atoms with Gasteiger partial charge in [0.15, 0.2) is 0 Å². The SMILES string of the molecule is CC/C=C(/O)COc1ccccc1C(=O)NCc1ccc(Br)cc1F. The van der Waals surface area contributed by atoms with E-state index in [4.69, 9.17) is 4.74 Å². The average Bonchev–Trinajstić information content (AvgIpc) is 2.59. The summed E-state index contributed by atoms with van der Waals surface area (Å²) in [5, 5.41) is 12.3. The lowest BCUT2D eigenvalue weighted by molar-refractivity contribution is 0.0946. The maximum atomic E-state index is 13.8. The van der Waals surface area contributed by atoms with Gasteiger partial charge >= 0.3 is 0 Å². The van der Waals surface area contributed by atoms with E-state index in [1.165, 1.54) is 6.07 Å². The Morgan fingerprint density at radius 2 is 2.08 bits per heavy atom. The van der Waals surface area contributed by atoms with Crippen LogP contribution in [0.25, 0.3) is 0 Å². The van der Waals surface area contributed by atoms with Gasteiger partial charge < -0.3 is 15.2 Å². The summed E-state index contributed by atoms with van der Waals surface area (Å²) in [6, 6.07) is 11.4. The molecule has 0 aliphatic carbocycles. The van der Waals surface area contributed by atoms with Crippen LogP contribution in [0.15, 0.2) is 58.8 Å². The molecule has 0 aromatic heterocycles. The van der Waals surface area contributed by atoms with Gasteiger partial charge in [-0.05, 0) is 36.8 Å². The maximum Gasteiger partial charge on any atom is 0.255 e. The molecule has 0 bridgehead atoms. The molecule has 0 atom stereocenters. The van der Waals surface area contributed by atoms with Crippen molar-refractivity contribution in [1.29, 1.82) is 0 Å². The fourth-order valence-corrected chi connectivity index (χ4v) is 2.50. The Balaban J connectivity index is 2.05. The lowest BCUT2D eigenvalue weighted by atomic mass is 10.1. The summed E-state index contributed by atoms with van der Waals surface area (Å²) in [5.74, 6) is -0.312. The van der Waals surface area contributed by atoms with Gasteiger partial charge in [-0.2, -0.15) is 0 Å². The van der Waals surface area contributed by atoms with Crippen LogP contribution in [0.3, 0.4) is 0 Å². The van der Waals surface area contributed by atoms with Crippen LogP contribution in [0.5, 0.6) is 5.75 Å². The van der Waals surface area contributed by atoms with E-state index in [0.29, 0.717) is 27.8 Å². The largest absolute Gasteiger partial charge is 0.509 e. The number of nitrogens with one attached hydrogen (secondary N) is 1. The van der Waals surface area contributed by atoms with E-state index in [9.17, 15) is 14.3 Å². The number of aliphatic hydroxyl groups is 1. The molecule has 0 heterocycles. The topological polar surface area (TPSA) is 58.6 Å². The first-order chi connectivity index (χ1) is 12.0. The van der Waals surface area contributed by atoms with Gasteiger partial charge in [-0.3, -0.25) is 4.79 Å². The first-order valence-electron chi connectivity index (χ1n) is 7.83. The van der Waals surface area contributed by atoms with E-state index in [1.807, 2.05) is 6.92 Å². The molecule has 0 spiro atoms. The average molecular weight is 408 g/mol. The molecule has 25 heavy (non-hydrogen) atoms. The Hall–Kier alpha value is -2.34. The van der Waals surface area contributed by atoms with Crippen molar-refractivity contribution in [2.45, 2.75) is 19.9 Å². The predicted molar refractivity (Wildman–Crippen MR) is 98.2 cm³/mol. The Labute approximate surface area is 154 Å². The molecule has 2 rings (SSSR count). The molecule has 0 fully saturated rings. The molecule has 0 saturated heterocycles. The standard InChI is InChI=1S/C19H19BrFNO3/c1-2-5-15(23)12-25-18-7-4-3-6-16(18)19(24)22-11-13-8-9-14(20)10-17(13)21/h3-10,23H,2,11-12H2,1H3,(H,22,24)/b15-5+. The van der Waals surface area contributed by atoms with E-state index < -0.39 is 5.82 Å². The van der Waals surface area contributed by atoms with E-state index in [2.05, 4.69) is 21.2 Å². The van der Waals surface area contributed by atoms with Crippen LogP contribution in [0.2, 0.25) is 0 Å². The van der Waals surface area contributed by atoms with Crippen LogP contribution in [0, 0.1) is 5.82 Å². The number of hydrogen-bond donors (Lipinski definition) is 2. The molecule has 2 aromatic rings. The van der Waals surface area contributed by atoms with Gasteiger partial charge in [0.2, 0.25) is 0 Å². The molecule has 4 nitrogen and oxygen atoms in total. The van der Waals surface area contributed by atoms with Gasteiger partial charge in [-0.1, -0.05) is 41.1 Å². The minimum atomic E-state index is -0.395. The number of para-hydroxylation sites is 1. The maximum absolute atomic E-state index is 13.8. The molecule has 6 heteroatoms. The van der Waals surface area contributed by atoms with Crippen molar-refractivity contribution in [2.75, 3.05) is 6.61 Å². The Bertz CT molecular complexity index is 777. The first kappa shape index (κ1) is 19.0. The Morgan fingerprint density at radius 3 is 2.80 bits per heavy atom. The molecule has 2 aromatic carbocycles. The third-order valence-electron chi connectivity index (χ3n) is 3.40. The highest BCUT2D eigenvalue weighted by Crippen LogP contribution is 2.19. The van der Waals surface area contributed by atoms with Gasteiger partial charge in [0.25, 0.3) is 5.91 Å². The summed E-state index contributed by atoms with van der Waals surface area (Å²) in [7, 11) is 0. The number of carbonyl (C=O) groups is 1. The molecule has 0 aliphatic heterocycles. The zero-order valence-electron chi connectivity index (χ0n) is 13.8. The lowest BCUT2D eigenvalue weighted by Crippen LogP contribution is -2.24. The Kier molecular flexibility index (Phi) is 7.01. The number of halogens is 2. The summed E-state index contributed by atoms with van der Waals surface area (Å²) in [6.45, 7) is 1.95. The molecule has 0 unspecified atom stereocenters. The van der Waals surface area contributed by atoms with E-state index >= 15 is 0 Å². The van der Waals surface area contributed by atoms with Crippen molar-refractivity contribution < 1.29 is 19.0 Å². The summed E-state index contributed by atoms with van der Waals surface area (Å²) >= 11 is 3.19. The van der Waals surface area contributed by atoms with Crippen LogP contribution in [-0.4, -0.2) is 17.6 Å². The van der Waals surface area contributed by atoms with Crippen LogP contribution in [0.1, 0.15) is 29.3 Å². The fraction of sp³-hybridized carbons (Fsp3) is 0.211. The van der Waals surface area contributed by atoms with Crippen LogP contribution in [0.4, 0.5) is 4.39 Å². The van der Waals surface area contributed by atoms with Gasteiger partial charge in [0.05, 0.1) is 5.56 Å². The summed E-state index contributed by atoms with van der Waals surface area (Å²) < 4.78 is 20.0. The van der Waals surface area contributed by atoms with Crippen LogP contribution < -0.4 is 10.1 Å². The van der Waals surface area contributed by atoms with Crippen molar-refractivity contribution in [3.8, 4) is 5.75 Å². The molecule has 0 aliphatic rings. The van der Waals surface area contributed by atoms with Gasteiger partial charge in [-0.15, -0.1) is 0 Å². The molecule has 0 radical (unpaired) electrons. The highest BCUT2D eigenvalue weighted by molar-refractivity contribution is 9.10. The number of amides is 1. The third kappa shape index (κ3) is 5.60. The van der Waals surface area contributed by atoms with E-state index in [-0.39, 0.29) is 24.8 Å². The normalized spacial score (nSPS) is 11.2. The number of allylic oxidation sites excluding steroid dienone is 1. The third-order valence-corrected chi connectivity index (χ3v) is 3.89. The number of rotatable bonds is 7. The molecular weight excluding hydrogens is 389 g/mol. The van der Waals surface area contributed by atoms with E-state index in [1.54, 1.807) is 42.5 Å². The monoisotopic (exact) mass is 407 g/mol. The van der Waals surface area contributed by atoms with Gasteiger partial charge in [0, 0.05) is 16.6 Å². The summed E-state index contributed by atoms with van der Waals surface area (Å²) in [4.78, 5) is 12.4. The molecule has 0 saturated carbocycles. The first-order valence-corrected chi connectivity index (χ1v) is 8.62. The highest BCUT2D eigenvalue weighted by Gasteiger charge is 2.13. The second kappa shape index (κ2) is 9.22. The minimum Gasteiger partial charge on any atom is -0.509 e. The van der Waals surface area contributed by atoms with Gasteiger partial charge in [-0.25, -0.2) is 4.39 Å². The van der Waals surface area contributed by atoms with Crippen molar-refractivity contribution in [1.82, 2.24) is 5.32 Å². The number of benzene rings is 2. The van der Waals surface area contributed by atoms with Crippen molar-refractivity contribution in [3.05, 3.63) is 75.7 Å². The highest BCUT2D eigenvalue weighted by atomic mass is 79.9. The zero-order chi connectivity index (χ0) is 18.2. The minimum absolute atomic E-state index is 0.0144. The summed E-state index contributed by atoms with van der Waals surface area (Å²) in [6.07, 6.45) is 2.33. The van der Waals surface area contributed by atoms with Gasteiger partial charge in [0.1, 0.15) is 23.9 Å². The number of carbonyl (C=O) groups excluding carboxylic acids is 1. The van der Waals surface area contributed by atoms with Crippen molar-refractivity contribution in [3.63, 3.8) is 0 Å². The van der Waals surface area contributed by atoms with Crippen LogP contribution >= 0.6 is 15.9 Å². The summed E-state index contributed by atoms with van der Waals surface area (Å²) in [5.41, 5.74) is 0.711. The molecule has 132 valence electrons. The number of hydrogen-bond acceptors (Lipinski definition) is 3.